The van der Waals surface area contributed by atoms with Crippen LogP contribution in [0.2, 0.25) is 0 Å². The van der Waals surface area contributed by atoms with E-state index >= 15 is 0 Å². The lowest BCUT2D eigenvalue weighted by molar-refractivity contribution is -0.0639. The summed E-state index contributed by atoms with van der Waals surface area (Å²) < 4.78 is 5.74. The fourth-order valence-electron chi connectivity index (χ4n) is 2.58. The standard InChI is InChI=1S/C12H23NOS/c1-12(2)8-10(5-6-14-12)13-11-4-3-7-15-9-11/h10-11,13H,3-9H2,1-2H3. The topological polar surface area (TPSA) is 21.3 Å². The van der Waals surface area contributed by atoms with Crippen LogP contribution in [0.25, 0.3) is 0 Å². The van der Waals surface area contributed by atoms with E-state index in [-0.39, 0.29) is 5.60 Å². The van der Waals surface area contributed by atoms with E-state index in [0.29, 0.717) is 6.04 Å². The molecule has 2 aliphatic rings. The highest BCUT2D eigenvalue weighted by molar-refractivity contribution is 7.99. The highest BCUT2D eigenvalue weighted by Crippen LogP contribution is 2.25. The molecule has 2 unspecified atom stereocenters. The van der Waals surface area contributed by atoms with Crippen molar-refractivity contribution in [1.82, 2.24) is 5.32 Å². The van der Waals surface area contributed by atoms with Crippen LogP contribution in [0.3, 0.4) is 0 Å². The van der Waals surface area contributed by atoms with Gasteiger partial charge in [-0.15, -0.1) is 0 Å². The summed E-state index contributed by atoms with van der Waals surface area (Å²) in [5, 5.41) is 3.81. The largest absolute Gasteiger partial charge is 0.375 e. The molecule has 0 aromatic carbocycles. The first kappa shape index (κ1) is 11.7. The molecule has 2 atom stereocenters. The second kappa shape index (κ2) is 5.07. The van der Waals surface area contributed by atoms with Gasteiger partial charge < -0.3 is 10.1 Å². The maximum absolute atomic E-state index is 5.74. The quantitative estimate of drug-likeness (QED) is 0.786. The molecule has 0 aromatic rings. The van der Waals surface area contributed by atoms with Gasteiger partial charge in [0.05, 0.1) is 5.60 Å². The zero-order valence-corrected chi connectivity index (χ0v) is 10.7. The predicted octanol–water partition coefficient (Wildman–Crippen LogP) is 2.43. The van der Waals surface area contributed by atoms with Gasteiger partial charge in [-0.1, -0.05) is 0 Å². The summed E-state index contributed by atoms with van der Waals surface area (Å²) >= 11 is 2.10. The molecule has 1 N–H and O–H groups in total. The maximum atomic E-state index is 5.74. The average Bonchev–Trinajstić information content (AvgIpc) is 2.17. The zero-order valence-electron chi connectivity index (χ0n) is 9.92. The van der Waals surface area contributed by atoms with Gasteiger partial charge in [-0.05, 0) is 45.3 Å². The molecule has 0 amide bonds. The molecule has 0 aliphatic carbocycles. The van der Waals surface area contributed by atoms with Crippen molar-refractivity contribution >= 4 is 11.8 Å². The van der Waals surface area contributed by atoms with E-state index in [4.69, 9.17) is 4.74 Å². The number of ether oxygens (including phenoxy) is 1. The first-order chi connectivity index (χ1) is 7.16. The zero-order chi connectivity index (χ0) is 10.7. The number of thioether (sulfide) groups is 1. The van der Waals surface area contributed by atoms with Crippen molar-refractivity contribution in [3.05, 3.63) is 0 Å². The van der Waals surface area contributed by atoms with Crippen LogP contribution < -0.4 is 5.32 Å². The van der Waals surface area contributed by atoms with Crippen LogP contribution in [0.4, 0.5) is 0 Å². The van der Waals surface area contributed by atoms with Crippen LogP contribution in [-0.2, 0) is 4.74 Å². The molecule has 0 radical (unpaired) electrons. The Morgan fingerprint density at radius 3 is 2.80 bits per heavy atom. The van der Waals surface area contributed by atoms with Gasteiger partial charge in [0.1, 0.15) is 0 Å². The SMILES string of the molecule is CC1(C)CC(NC2CCCSC2)CCO1. The van der Waals surface area contributed by atoms with E-state index < -0.39 is 0 Å². The van der Waals surface area contributed by atoms with Gasteiger partial charge in [-0.25, -0.2) is 0 Å². The summed E-state index contributed by atoms with van der Waals surface area (Å²) in [7, 11) is 0. The highest BCUT2D eigenvalue weighted by atomic mass is 32.2. The summed E-state index contributed by atoms with van der Waals surface area (Å²) in [6.07, 6.45) is 5.10. The molecule has 88 valence electrons. The number of hydrogen-bond donors (Lipinski definition) is 1. The fourth-order valence-corrected chi connectivity index (χ4v) is 3.66. The van der Waals surface area contributed by atoms with Gasteiger partial charge in [0.25, 0.3) is 0 Å². The Balaban J connectivity index is 1.78. The number of hydrogen-bond acceptors (Lipinski definition) is 3. The number of nitrogens with one attached hydrogen (secondary N) is 1. The normalized spacial score (nSPS) is 36.4. The molecule has 0 saturated carbocycles. The van der Waals surface area contributed by atoms with Crippen LogP contribution in [0.5, 0.6) is 0 Å². The molecule has 2 saturated heterocycles. The lowest BCUT2D eigenvalue weighted by Crippen LogP contribution is -2.48. The summed E-state index contributed by atoms with van der Waals surface area (Å²) in [6.45, 7) is 5.33. The van der Waals surface area contributed by atoms with E-state index in [9.17, 15) is 0 Å². The molecule has 3 heteroatoms. The first-order valence-electron chi connectivity index (χ1n) is 6.13. The summed E-state index contributed by atoms with van der Waals surface area (Å²) in [5.74, 6) is 2.66. The van der Waals surface area contributed by atoms with Gasteiger partial charge in [0, 0.05) is 24.4 Å². The minimum Gasteiger partial charge on any atom is -0.375 e. The van der Waals surface area contributed by atoms with Crippen molar-refractivity contribution in [2.75, 3.05) is 18.1 Å². The minimum atomic E-state index is 0.0811. The second-order valence-corrected chi connectivity index (χ2v) is 6.53. The highest BCUT2D eigenvalue weighted by Gasteiger charge is 2.30. The summed E-state index contributed by atoms with van der Waals surface area (Å²) in [6, 6.07) is 1.43. The van der Waals surface area contributed by atoms with Crippen molar-refractivity contribution in [2.45, 2.75) is 57.2 Å². The third-order valence-electron chi connectivity index (χ3n) is 3.33. The van der Waals surface area contributed by atoms with E-state index in [1.54, 1.807) is 0 Å². The Labute approximate surface area is 97.5 Å². The molecule has 0 aromatic heterocycles. The molecule has 0 spiro atoms. The second-order valence-electron chi connectivity index (χ2n) is 5.38. The average molecular weight is 229 g/mol. The Morgan fingerprint density at radius 2 is 2.13 bits per heavy atom. The molecule has 0 bridgehead atoms. The lowest BCUT2D eigenvalue weighted by Gasteiger charge is -2.38. The monoisotopic (exact) mass is 229 g/mol. The molecule has 15 heavy (non-hydrogen) atoms. The van der Waals surface area contributed by atoms with Gasteiger partial charge in [0.15, 0.2) is 0 Å². The van der Waals surface area contributed by atoms with Gasteiger partial charge in [-0.3, -0.25) is 0 Å². The third-order valence-corrected chi connectivity index (χ3v) is 4.54. The van der Waals surface area contributed by atoms with Gasteiger partial charge in [-0.2, -0.15) is 11.8 Å². The third kappa shape index (κ3) is 3.65. The summed E-state index contributed by atoms with van der Waals surface area (Å²) in [5.41, 5.74) is 0.0811. The van der Waals surface area contributed by atoms with Crippen molar-refractivity contribution < 1.29 is 4.74 Å². The first-order valence-corrected chi connectivity index (χ1v) is 7.29. The fraction of sp³-hybridized carbons (Fsp3) is 1.00. The maximum Gasteiger partial charge on any atom is 0.0641 e. The predicted molar refractivity (Wildman–Crippen MR) is 66.5 cm³/mol. The van der Waals surface area contributed by atoms with Crippen LogP contribution in [0.15, 0.2) is 0 Å². The molecule has 2 rings (SSSR count). The molecule has 2 heterocycles. The Morgan fingerprint density at radius 1 is 1.27 bits per heavy atom. The van der Waals surface area contributed by atoms with E-state index in [1.165, 1.54) is 30.8 Å². The Kier molecular flexibility index (Phi) is 3.97. The lowest BCUT2D eigenvalue weighted by atomic mass is 9.93. The van der Waals surface area contributed by atoms with Crippen molar-refractivity contribution in [3.63, 3.8) is 0 Å². The molecular weight excluding hydrogens is 206 g/mol. The van der Waals surface area contributed by atoms with E-state index in [1.807, 2.05) is 0 Å². The van der Waals surface area contributed by atoms with Gasteiger partial charge >= 0.3 is 0 Å². The van der Waals surface area contributed by atoms with Gasteiger partial charge in [0.2, 0.25) is 0 Å². The van der Waals surface area contributed by atoms with Crippen LogP contribution in [-0.4, -0.2) is 35.8 Å². The minimum absolute atomic E-state index is 0.0811. The summed E-state index contributed by atoms with van der Waals surface area (Å²) in [4.78, 5) is 0. The van der Waals surface area contributed by atoms with E-state index in [0.717, 1.165) is 19.1 Å². The number of rotatable bonds is 2. The van der Waals surface area contributed by atoms with Crippen LogP contribution >= 0.6 is 11.8 Å². The van der Waals surface area contributed by atoms with Crippen LogP contribution in [0.1, 0.15) is 39.5 Å². The van der Waals surface area contributed by atoms with Crippen molar-refractivity contribution in [1.29, 1.82) is 0 Å². The smallest absolute Gasteiger partial charge is 0.0641 e. The molecule has 2 fully saturated rings. The van der Waals surface area contributed by atoms with Crippen LogP contribution in [0, 0.1) is 0 Å². The Bertz CT molecular complexity index is 202. The van der Waals surface area contributed by atoms with Crippen molar-refractivity contribution in [3.8, 4) is 0 Å². The van der Waals surface area contributed by atoms with E-state index in [2.05, 4.69) is 30.9 Å². The molecule has 2 nitrogen and oxygen atoms in total. The Hall–Kier alpha value is 0.270. The molecule has 2 aliphatic heterocycles. The molecular formula is C12H23NOS. The van der Waals surface area contributed by atoms with Crippen molar-refractivity contribution in [2.24, 2.45) is 0 Å².